The monoisotopic (exact) mass is 835 g/mol. The molecule has 0 bridgehead atoms. The highest BCUT2D eigenvalue weighted by molar-refractivity contribution is 6.64. The number of allylic oxidation sites excluding steroid dienone is 2. The highest BCUT2D eigenvalue weighted by Gasteiger charge is 2.93. The molecule has 306 valence electrons. The van der Waals surface area contributed by atoms with Crippen LogP contribution in [0.25, 0.3) is 130 Å². The van der Waals surface area contributed by atoms with Gasteiger partial charge in [-0.1, -0.05) is 91.0 Å². The molecule has 0 aromatic heterocycles. The summed E-state index contributed by atoms with van der Waals surface area (Å²) in [6.45, 7) is 1.54. The quantitative estimate of drug-likeness (QED) is 0.104. The van der Waals surface area contributed by atoms with Crippen molar-refractivity contribution >= 4 is 136 Å². The van der Waals surface area contributed by atoms with E-state index in [1.807, 2.05) is 0 Å². The summed E-state index contributed by atoms with van der Waals surface area (Å²) in [6, 6.07) is 30.9. The molecule has 5 aliphatic rings. The van der Waals surface area contributed by atoms with E-state index in [0.29, 0.717) is 13.0 Å². The smallest absolute Gasteiger partial charge is 0.379 e. The normalized spacial score (nSPS) is 22.8. The minimum atomic E-state index is -3.15. The molecule has 5 nitrogen and oxygen atoms in total. The Morgan fingerprint density at radius 2 is 1.05 bits per heavy atom. The lowest BCUT2D eigenvalue weighted by molar-refractivity contribution is -0.377. The standard InChI is InChI=1S/C51H22O2.C6H13F2NO2/c52-30(53)7-4-18-49(19-5-2-1-3-6-19)50-28-16-17-29-27-15-13-25-23-11-9-21-20-8-10-22-24-12-14-26(28)37-35(24)40-33(22)31(20)39-32(21)34(23)41-36(25)38(27)48(51(29,49)50)46-44(41)42(39)43(40)45(46)47(37)50;1-2-11-6(7,8)5-10-4-3-9/h1-3,5-6,8-17H,4,7,18H2,(H,52,53);2-5,9H2,1H3. The summed E-state index contributed by atoms with van der Waals surface area (Å²) in [5.74, 6) is -0.952. The molecule has 1 saturated carbocycles. The lowest BCUT2D eigenvalue weighted by atomic mass is 9.68. The number of benzene rings is 9. The fourth-order valence-corrected chi connectivity index (χ4v) is 16.6. The lowest BCUT2D eigenvalue weighted by Gasteiger charge is -2.32. The van der Waals surface area contributed by atoms with Crippen molar-refractivity contribution < 1.29 is 33.9 Å². The second kappa shape index (κ2) is 10.1. The number of carboxylic acids is 1. The maximum atomic E-state index is 12.4. The second-order valence-corrected chi connectivity index (χ2v) is 19.5. The molecule has 64 heavy (non-hydrogen) atoms. The second-order valence-electron chi connectivity index (χ2n) is 19.5. The number of carbonyl (C=O) groups is 1. The van der Waals surface area contributed by atoms with Crippen LogP contribution in [-0.4, -0.2) is 38.4 Å². The molecular formula is C57H35F2NO4. The van der Waals surface area contributed by atoms with Crippen LogP contribution < -0.4 is 21.3 Å². The first-order valence-corrected chi connectivity index (χ1v) is 22.8. The average molecular weight is 836 g/mol. The van der Waals surface area contributed by atoms with Gasteiger partial charge in [-0.2, -0.15) is 8.78 Å². The van der Waals surface area contributed by atoms with Crippen LogP contribution in [0.3, 0.4) is 0 Å². The molecular weight excluding hydrogens is 801 g/mol. The maximum absolute atomic E-state index is 12.4. The van der Waals surface area contributed by atoms with E-state index in [4.69, 9.17) is 0 Å². The Morgan fingerprint density at radius 1 is 0.609 bits per heavy atom. The number of rotatable bonds is 11. The van der Waals surface area contributed by atoms with E-state index in [0.717, 1.165) is 6.42 Å². The van der Waals surface area contributed by atoms with E-state index >= 15 is 0 Å². The van der Waals surface area contributed by atoms with Crippen LogP contribution in [0, 0.1) is 0 Å². The van der Waals surface area contributed by atoms with Gasteiger partial charge in [0.1, 0.15) is 6.61 Å². The van der Waals surface area contributed by atoms with Crippen LogP contribution in [-0.2, 0) is 30.5 Å². The zero-order chi connectivity index (χ0) is 42.3. The molecule has 13 aromatic rings. The SMILES string of the molecule is CCOC(F)(F)COCC[NH3+].O=C([O-])CCCC1(c2ccccc2)C23C4=c5ccc6c7ccc8c9ccc%10c%11ccc%12c%13c(c%14c%15c2c5c6c2c7c8c5c9c%10c(c%13%11)c%14c5c%152)C13C=%12C=C4. The van der Waals surface area contributed by atoms with Crippen LogP contribution in [0.5, 0.6) is 0 Å². The van der Waals surface area contributed by atoms with Crippen molar-refractivity contribution in [3.05, 3.63) is 118 Å². The fraction of sp³-hybridized carbons (Fsp3) is 0.211. The number of hydrogen-bond acceptors (Lipinski definition) is 4. The molecule has 1 fully saturated rings. The zero-order valence-corrected chi connectivity index (χ0v) is 34.7. The van der Waals surface area contributed by atoms with Gasteiger partial charge in [0.15, 0.2) is 0 Å². The van der Waals surface area contributed by atoms with Gasteiger partial charge in [0, 0.05) is 22.2 Å². The van der Waals surface area contributed by atoms with Crippen LogP contribution in [0.15, 0.2) is 91.0 Å². The lowest BCUT2D eigenvalue weighted by Crippen LogP contribution is -2.52. The van der Waals surface area contributed by atoms with Gasteiger partial charge < -0.3 is 25.1 Å². The van der Waals surface area contributed by atoms with Gasteiger partial charge in [-0.3, -0.25) is 0 Å². The summed E-state index contributed by atoms with van der Waals surface area (Å²) in [5, 5.41) is 47.3. The number of quaternary nitrogens is 1. The van der Waals surface area contributed by atoms with Gasteiger partial charge >= 0.3 is 6.11 Å². The predicted molar refractivity (Wildman–Crippen MR) is 249 cm³/mol. The zero-order valence-electron chi connectivity index (χ0n) is 34.7. The molecule has 5 aliphatic carbocycles. The van der Waals surface area contributed by atoms with Crippen molar-refractivity contribution in [3.8, 4) is 0 Å². The number of ether oxygens (including phenoxy) is 2. The van der Waals surface area contributed by atoms with Crippen LogP contribution in [0.2, 0.25) is 0 Å². The number of alkyl halides is 2. The van der Waals surface area contributed by atoms with Gasteiger partial charge in [0.25, 0.3) is 0 Å². The summed E-state index contributed by atoms with van der Waals surface area (Å²) >= 11 is 0. The third kappa shape index (κ3) is 2.90. The first-order valence-electron chi connectivity index (χ1n) is 22.8. The van der Waals surface area contributed by atoms with Gasteiger partial charge in [-0.15, -0.1) is 0 Å². The Labute approximate surface area is 361 Å². The molecule has 0 saturated heterocycles. The molecule has 0 amide bonds. The molecule has 2 unspecified atom stereocenters. The van der Waals surface area contributed by atoms with E-state index in [1.165, 1.54) is 153 Å². The van der Waals surface area contributed by atoms with E-state index in [9.17, 15) is 18.7 Å². The first kappa shape index (κ1) is 34.0. The molecule has 0 radical (unpaired) electrons. The van der Waals surface area contributed by atoms with E-state index in [-0.39, 0.29) is 35.9 Å². The molecule has 2 atom stereocenters. The molecule has 2 spiro atoms. The summed E-state index contributed by atoms with van der Waals surface area (Å²) < 4.78 is 33.4. The number of carboxylic acid groups (broad SMARTS) is 1. The van der Waals surface area contributed by atoms with E-state index < -0.39 is 18.7 Å². The minimum Gasteiger partial charge on any atom is -0.550 e. The van der Waals surface area contributed by atoms with Crippen molar-refractivity contribution in [1.29, 1.82) is 0 Å². The van der Waals surface area contributed by atoms with Gasteiger partial charge in [-0.25, -0.2) is 0 Å². The minimum absolute atomic E-state index is 0.0132. The topological polar surface area (TPSA) is 86.2 Å². The van der Waals surface area contributed by atoms with Crippen LogP contribution in [0.4, 0.5) is 8.78 Å². The number of hydrogen-bond donors (Lipinski definition) is 1. The van der Waals surface area contributed by atoms with Crippen molar-refractivity contribution in [2.24, 2.45) is 0 Å². The summed E-state index contributed by atoms with van der Waals surface area (Å²) in [6.07, 6.45) is 3.31. The van der Waals surface area contributed by atoms with Crippen LogP contribution in [0.1, 0.15) is 42.9 Å². The molecule has 0 aliphatic heterocycles. The fourth-order valence-electron chi connectivity index (χ4n) is 16.6. The van der Waals surface area contributed by atoms with Gasteiger partial charge in [-0.05, 0) is 183 Å². The van der Waals surface area contributed by atoms with Gasteiger partial charge in [0.2, 0.25) is 0 Å². The Morgan fingerprint density at radius 3 is 1.50 bits per heavy atom. The predicted octanol–water partition coefficient (Wildman–Crippen LogP) is 9.01. The first-order chi connectivity index (χ1) is 31.3. The highest BCUT2D eigenvalue weighted by Crippen LogP contribution is 2.92. The van der Waals surface area contributed by atoms with E-state index in [2.05, 4.69) is 106 Å². The molecule has 18 rings (SSSR count). The molecule has 3 N–H and O–H groups in total. The number of carbonyl (C=O) groups excluding carboxylic acids is 1. The summed E-state index contributed by atoms with van der Waals surface area (Å²) in [7, 11) is 0. The van der Waals surface area contributed by atoms with E-state index in [1.54, 1.807) is 11.1 Å². The average Bonchev–Trinajstić information content (AvgIpc) is 3.95. The molecule has 0 heterocycles. The largest absolute Gasteiger partial charge is 0.550 e. The number of aliphatic carboxylic acids is 1. The third-order valence-electron chi connectivity index (χ3n) is 17.6. The van der Waals surface area contributed by atoms with Crippen molar-refractivity contribution in [2.45, 2.75) is 48.5 Å². The van der Waals surface area contributed by atoms with Crippen LogP contribution >= 0.6 is 0 Å². The number of halogens is 2. The highest BCUT2D eigenvalue weighted by atomic mass is 19.3. The molecule has 13 aromatic carbocycles. The third-order valence-corrected chi connectivity index (χ3v) is 17.6. The van der Waals surface area contributed by atoms with Gasteiger partial charge in [0.05, 0.1) is 19.8 Å². The van der Waals surface area contributed by atoms with Crippen molar-refractivity contribution in [2.75, 3.05) is 26.4 Å². The van der Waals surface area contributed by atoms with Crippen molar-refractivity contribution in [1.82, 2.24) is 0 Å². The Balaban J connectivity index is 0.000000291. The Hall–Kier alpha value is -6.51. The Kier molecular flexibility index (Phi) is 5.34. The summed E-state index contributed by atoms with van der Waals surface area (Å²) in [4.78, 5) is 12.2. The number of fused-ring (bicyclic) bond motifs is 3. The maximum Gasteiger partial charge on any atom is 0.379 e. The summed E-state index contributed by atoms with van der Waals surface area (Å²) in [5.41, 5.74) is 9.78. The van der Waals surface area contributed by atoms with Crippen molar-refractivity contribution in [3.63, 3.8) is 0 Å². The molecule has 7 heteroatoms. The Bertz CT molecular complexity index is 4200.